The first kappa shape index (κ1) is 5.15. The average Bonchev–Trinajstić information content (AvgIpc) is 1.64. The molecule has 1 aliphatic rings. The van der Waals surface area contributed by atoms with Gasteiger partial charge in [-0.3, -0.25) is 4.79 Å². The van der Waals surface area contributed by atoms with Gasteiger partial charge in [-0.15, -0.1) is 0 Å². The Bertz CT molecular complexity index is 130. The minimum atomic E-state index is 0.0509. The summed E-state index contributed by atoms with van der Waals surface area (Å²) in [5, 5.41) is 2.55. The summed E-state index contributed by atoms with van der Waals surface area (Å²) >= 11 is 0. The van der Waals surface area contributed by atoms with Crippen molar-refractivity contribution in [1.29, 1.82) is 0 Å². The van der Waals surface area contributed by atoms with Crippen LogP contribution < -0.4 is 5.32 Å². The molecular weight excluding hydrogens is 104 g/mol. The molecule has 0 atom stereocenters. The number of carbonyl (C=O) groups is 1. The molecule has 8 heavy (non-hydrogen) atoms. The maximum atomic E-state index is 10.5. The van der Waals surface area contributed by atoms with Gasteiger partial charge in [0.1, 0.15) is 0 Å². The first-order chi connectivity index (χ1) is 3.79. The van der Waals surface area contributed by atoms with E-state index in [0.717, 1.165) is 0 Å². The van der Waals surface area contributed by atoms with Crippen LogP contribution in [-0.4, -0.2) is 24.4 Å². The van der Waals surface area contributed by atoms with Gasteiger partial charge in [0.2, 0.25) is 5.91 Å². The summed E-state index contributed by atoms with van der Waals surface area (Å²) in [7, 11) is 1.86. The van der Waals surface area contributed by atoms with E-state index in [2.05, 4.69) is 5.32 Å². The van der Waals surface area contributed by atoms with Crippen molar-refractivity contribution in [3.8, 4) is 0 Å². The van der Waals surface area contributed by atoms with Crippen LogP contribution in [0.4, 0.5) is 0 Å². The van der Waals surface area contributed by atoms with Crippen LogP contribution in [-0.2, 0) is 4.79 Å². The second-order valence-electron chi connectivity index (χ2n) is 1.80. The molecule has 1 rings (SSSR count). The summed E-state index contributed by atoms with van der Waals surface area (Å²) in [6, 6.07) is 0. The van der Waals surface area contributed by atoms with Gasteiger partial charge in [-0.25, -0.2) is 0 Å². The summed E-state index contributed by atoms with van der Waals surface area (Å²) < 4.78 is 0. The zero-order chi connectivity index (χ0) is 5.98. The van der Waals surface area contributed by atoms with Crippen LogP contribution >= 0.6 is 0 Å². The zero-order valence-corrected chi connectivity index (χ0v) is 4.72. The predicted molar refractivity (Wildman–Crippen MR) is 29.9 cm³/mol. The maximum absolute atomic E-state index is 10.5. The van der Waals surface area contributed by atoms with E-state index in [4.69, 9.17) is 0 Å². The van der Waals surface area contributed by atoms with Gasteiger partial charge in [0, 0.05) is 19.4 Å². The second-order valence-corrected chi connectivity index (χ2v) is 1.80. The smallest absolute Gasteiger partial charge is 0.243 e. The Balaban J connectivity index is 2.54. The fourth-order valence-electron chi connectivity index (χ4n) is 0.582. The number of nitrogens with zero attached hydrogens (tertiary/aromatic N) is 1. The fourth-order valence-corrected chi connectivity index (χ4v) is 0.582. The van der Waals surface area contributed by atoms with E-state index in [1.165, 1.54) is 0 Å². The number of carbonyl (C=O) groups excluding carboxylic acids is 1. The highest BCUT2D eigenvalue weighted by Crippen LogP contribution is 1.87. The maximum Gasteiger partial charge on any atom is 0.243 e. The van der Waals surface area contributed by atoms with Gasteiger partial charge in [-0.05, 0) is 0 Å². The van der Waals surface area contributed by atoms with Crippen molar-refractivity contribution in [3.63, 3.8) is 0 Å². The molecule has 0 aromatic carbocycles. The zero-order valence-electron chi connectivity index (χ0n) is 4.72. The molecule has 0 fully saturated rings. The third-order valence-corrected chi connectivity index (χ3v) is 0.966. The van der Waals surface area contributed by atoms with Crippen molar-refractivity contribution in [3.05, 3.63) is 12.4 Å². The SMILES string of the molecule is CN1C=CNC(=O)C1. The summed E-state index contributed by atoms with van der Waals surface area (Å²) in [4.78, 5) is 12.3. The van der Waals surface area contributed by atoms with Crippen molar-refractivity contribution in [2.45, 2.75) is 0 Å². The molecule has 1 N–H and O–H groups in total. The highest BCUT2D eigenvalue weighted by atomic mass is 16.2. The highest BCUT2D eigenvalue weighted by Gasteiger charge is 2.03. The minimum Gasteiger partial charge on any atom is -0.370 e. The van der Waals surface area contributed by atoms with Crippen LogP contribution in [0, 0.1) is 0 Å². The highest BCUT2D eigenvalue weighted by molar-refractivity contribution is 5.79. The molecule has 0 saturated heterocycles. The lowest BCUT2D eigenvalue weighted by Crippen LogP contribution is -2.34. The summed E-state index contributed by atoms with van der Waals surface area (Å²) in [5.41, 5.74) is 0. The Morgan fingerprint density at radius 2 is 2.62 bits per heavy atom. The van der Waals surface area contributed by atoms with Crippen LogP contribution in [0.5, 0.6) is 0 Å². The summed E-state index contributed by atoms with van der Waals surface area (Å²) in [6.07, 6.45) is 3.45. The van der Waals surface area contributed by atoms with Crippen LogP contribution in [0.1, 0.15) is 0 Å². The molecule has 3 nitrogen and oxygen atoms in total. The topological polar surface area (TPSA) is 32.3 Å². The molecule has 1 aliphatic heterocycles. The number of hydrogen-bond acceptors (Lipinski definition) is 2. The summed E-state index contributed by atoms with van der Waals surface area (Å²) in [6.45, 7) is 0.469. The molecule has 0 aromatic heterocycles. The number of amides is 1. The number of nitrogens with one attached hydrogen (secondary N) is 1. The van der Waals surface area contributed by atoms with E-state index in [9.17, 15) is 4.79 Å². The molecule has 1 amide bonds. The van der Waals surface area contributed by atoms with Gasteiger partial charge in [-0.2, -0.15) is 0 Å². The van der Waals surface area contributed by atoms with Crippen molar-refractivity contribution in [1.82, 2.24) is 10.2 Å². The van der Waals surface area contributed by atoms with Crippen LogP contribution in [0.3, 0.4) is 0 Å². The second kappa shape index (κ2) is 1.86. The quantitative estimate of drug-likeness (QED) is 0.459. The molecule has 3 heteroatoms. The first-order valence-electron chi connectivity index (χ1n) is 2.45. The largest absolute Gasteiger partial charge is 0.370 e. The van der Waals surface area contributed by atoms with Crippen LogP contribution in [0.15, 0.2) is 12.4 Å². The van der Waals surface area contributed by atoms with Gasteiger partial charge in [0.05, 0.1) is 6.54 Å². The van der Waals surface area contributed by atoms with Crippen molar-refractivity contribution >= 4 is 5.91 Å². The lowest BCUT2D eigenvalue weighted by Gasteiger charge is -2.16. The van der Waals surface area contributed by atoms with Crippen molar-refractivity contribution in [2.24, 2.45) is 0 Å². The number of hydrogen-bond donors (Lipinski definition) is 1. The summed E-state index contributed by atoms with van der Waals surface area (Å²) in [5.74, 6) is 0.0509. The van der Waals surface area contributed by atoms with E-state index in [0.29, 0.717) is 6.54 Å². The van der Waals surface area contributed by atoms with E-state index >= 15 is 0 Å². The van der Waals surface area contributed by atoms with Gasteiger partial charge in [0.25, 0.3) is 0 Å². The first-order valence-corrected chi connectivity index (χ1v) is 2.45. The van der Waals surface area contributed by atoms with E-state index < -0.39 is 0 Å². The van der Waals surface area contributed by atoms with Crippen molar-refractivity contribution < 1.29 is 4.79 Å². The Hall–Kier alpha value is -0.990. The lowest BCUT2D eigenvalue weighted by molar-refractivity contribution is -0.121. The van der Waals surface area contributed by atoms with Crippen molar-refractivity contribution in [2.75, 3.05) is 13.6 Å². The van der Waals surface area contributed by atoms with Crippen LogP contribution in [0.25, 0.3) is 0 Å². The number of rotatable bonds is 0. The molecule has 0 saturated carbocycles. The molecule has 0 aliphatic carbocycles. The molecule has 0 unspecified atom stereocenters. The molecule has 1 heterocycles. The average molecular weight is 112 g/mol. The Morgan fingerprint density at radius 1 is 1.88 bits per heavy atom. The lowest BCUT2D eigenvalue weighted by atomic mass is 10.5. The Kier molecular flexibility index (Phi) is 1.20. The number of likely N-dealkylation sites (N-methyl/N-ethyl adjacent to an activating group) is 1. The Morgan fingerprint density at radius 3 is 3.00 bits per heavy atom. The molecule has 44 valence electrons. The predicted octanol–water partition coefficient (Wildman–Crippen LogP) is -0.481. The minimum absolute atomic E-state index is 0.0509. The van der Waals surface area contributed by atoms with E-state index in [1.54, 1.807) is 6.20 Å². The molecular formula is C5H8N2O. The Labute approximate surface area is 48.0 Å². The molecule has 0 spiro atoms. The molecule has 0 bridgehead atoms. The van der Waals surface area contributed by atoms with Gasteiger partial charge < -0.3 is 10.2 Å². The third-order valence-electron chi connectivity index (χ3n) is 0.966. The van der Waals surface area contributed by atoms with E-state index in [1.807, 2.05) is 18.1 Å². The molecule has 0 aromatic rings. The molecule has 0 radical (unpaired) electrons. The van der Waals surface area contributed by atoms with E-state index in [-0.39, 0.29) is 5.91 Å². The van der Waals surface area contributed by atoms with Gasteiger partial charge >= 0.3 is 0 Å². The van der Waals surface area contributed by atoms with Gasteiger partial charge in [-0.1, -0.05) is 0 Å². The normalized spacial score (nSPS) is 18.6. The standard InChI is InChI=1S/C5H8N2O/c1-7-3-2-6-5(8)4-7/h2-3H,4H2,1H3,(H,6,8). The fraction of sp³-hybridized carbons (Fsp3) is 0.400. The third kappa shape index (κ3) is 0.992. The monoisotopic (exact) mass is 112 g/mol. The van der Waals surface area contributed by atoms with Crippen LogP contribution in [0.2, 0.25) is 0 Å². The van der Waals surface area contributed by atoms with Gasteiger partial charge in [0.15, 0.2) is 0 Å².